The molecule has 34 heavy (non-hydrogen) atoms. The molecule has 3 aromatic rings. The number of rotatable bonds is 7. The van der Waals surface area contributed by atoms with Gasteiger partial charge in [-0.25, -0.2) is 4.79 Å². The van der Waals surface area contributed by atoms with Crippen LogP contribution in [0, 0.1) is 10.1 Å². The zero-order valence-corrected chi connectivity index (χ0v) is 18.5. The smallest absolute Gasteiger partial charge is 0.320 e. The number of ether oxygens (including phenoxy) is 1. The lowest BCUT2D eigenvalue weighted by Gasteiger charge is -2.20. The molecule has 1 aliphatic carbocycles. The van der Waals surface area contributed by atoms with E-state index >= 15 is 0 Å². The van der Waals surface area contributed by atoms with E-state index in [1.54, 1.807) is 30.3 Å². The molecular weight excluding hydrogens is 436 g/mol. The maximum atomic E-state index is 13.2. The number of hydrogen-bond acceptors (Lipinski definition) is 5. The number of nitro groups is 1. The lowest BCUT2D eigenvalue weighted by atomic mass is 10.1. The quantitative estimate of drug-likeness (QED) is 0.351. The van der Waals surface area contributed by atoms with Gasteiger partial charge in [-0.3, -0.25) is 14.9 Å². The largest absolute Gasteiger partial charge is 0.497 e. The van der Waals surface area contributed by atoms with Crippen molar-refractivity contribution in [2.75, 3.05) is 17.7 Å². The first kappa shape index (κ1) is 22.8. The number of fused-ring (bicyclic) bond motifs is 1. The van der Waals surface area contributed by atoms with Gasteiger partial charge in [-0.05, 0) is 54.2 Å². The highest BCUT2D eigenvalue weighted by Crippen LogP contribution is 2.29. The van der Waals surface area contributed by atoms with Crippen LogP contribution in [0.5, 0.6) is 5.75 Å². The van der Waals surface area contributed by atoms with Crippen molar-refractivity contribution < 1.29 is 19.2 Å². The normalized spacial score (nSPS) is 12.9. The van der Waals surface area contributed by atoms with Gasteiger partial charge in [-0.15, -0.1) is 0 Å². The van der Waals surface area contributed by atoms with Gasteiger partial charge >= 0.3 is 6.03 Å². The summed E-state index contributed by atoms with van der Waals surface area (Å²) < 4.78 is 5.10. The van der Waals surface area contributed by atoms with Crippen LogP contribution in [0.4, 0.5) is 21.9 Å². The van der Waals surface area contributed by atoms with Crippen LogP contribution < -0.4 is 20.7 Å². The number of carbonyl (C=O) groups excluding carboxylic acids is 2. The molecule has 0 bridgehead atoms. The molecule has 0 spiro atoms. The molecule has 0 fully saturated rings. The summed E-state index contributed by atoms with van der Waals surface area (Å²) in [7, 11) is 1.42. The first-order valence-electron chi connectivity index (χ1n) is 10.8. The molecule has 3 N–H and O–H groups in total. The maximum absolute atomic E-state index is 13.2. The Hall–Kier alpha value is -4.40. The number of amides is 3. The number of carbonyl (C=O) groups is 2. The lowest BCUT2D eigenvalue weighted by molar-refractivity contribution is -0.383. The van der Waals surface area contributed by atoms with Gasteiger partial charge in [0.2, 0.25) is 0 Å². The van der Waals surface area contributed by atoms with Crippen LogP contribution in [0.2, 0.25) is 0 Å². The van der Waals surface area contributed by atoms with Crippen molar-refractivity contribution in [3.8, 4) is 5.75 Å². The monoisotopic (exact) mass is 460 g/mol. The van der Waals surface area contributed by atoms with Crippen LogP contribution in [0.1, 0.15) is 29.2 Å². The second-order valence-electron chi connectivity index (χ2n) is 7.91. The number of nitrogens with one attached hydrogen (secondary N) is 3. The Morgan fingerprint density at radius 1 is 0.971 bits per heavy atom. The van der Waals surface area contributed by atoms with E-state index in [2.05, 4.69) is 16.0 Å². The summed E-state index contributed by atoms with van der Waals surface area (Å²) in [5, 5.41) is 19.3. The van der Waals surface area contributed by atoms with E-state index in [1.807, 2.05) is 18.2 Å². The number of anilines is 2. The minimum atomic E-state index is -1.03. The molecule has 0 aromatic heterocycles. The fourth-order valence-corrected chi connectivity index (χ4v) is 4.00. The Bertz CT molecular complexity index is 1230. The second-order valence-corrected chi connectivity index (χ2v) is 7.91. The van der Waals surface area contributed by atoms with Crippen LogP contribution in [0.3, 0.4) is 0 Å². The summed E-state index contributed by atoms with van der Waals surface area (Å²) in [6.07, 6.45) is 3.10. The summed E-state index contributed by atoms with van der Waals surface area (Å²) in [4.78, 5) is 36.8. The van der Waals surface area contributed by atoms with Crippen LogP contribution in [0.15, 0.2) is 66.7 Å². The van der Waals surface area contributed by atoms with Crippen LogP contribution in [-0.4, -0.2) is 24.0 Å². The Morgan fingerprint density at radius 3 is 2.47 bits per heavy atom. The molecular formula is C25H24N4O5. The summed E-state index contributed by atoms with van der Waals surface area (Å²) >= 11 is 0. The highest BCUT2D eigenvalue weighted by molar-refractivity contribution is 6.00. The molecule has 0 saturated carbocycles. The molecule has 0 saturated heterocycles. The molecule has 3 aromatic carbocycles. The van der Waals surface area contributed by atoms with Crippen molar-refractivity contribution in [2.24, 2.45) is 0 Å². The Labute approximate surface area is 196 Å². The molecule has 0 unspecified atom stereocenters. The van der Waals surface area contributed by atoms with Crippen molar-refractivity contribution >= 4 is 29.0 Å². The van der Waals surface area contributed by atoms with E-state index < -0.39 is 22.9 Å². The minimum absolute atomic E-state index is 0.0484. The molecule has 0 heterocycles. The fraction of sp³-hybridized carbons (Fsp3) is 0.200. The van der Waals surface area contributed by atoms with Gasteiger partial charge in [-0.1, -0.05) is 36.4 Å². The summed E-state index contributed by atoms with van der Waals surface area (Å²) in [6.45, 7) is 0. The average Bonchev–Trinajstić information content (AvgIpc) is 3.30. The Morgan fingerprint density at radius 2 is 1.74 bits per heavy atom. The molecule has 9 nitrogen and oxygen atoms in total. The zero-order chi connectivity index (χ0) is 24.1. The highest BCUT2D eigenvalue weighted by atomic mass is 16.6. The van der Waals surface area contributed by atoms with Gasteiger partial charge in [0.05, 0.1) is 12.0 Å². The van der Waals surface area contributed by atoms with Gasteiger partial charge in [-0.2, -0.15) is 0 Å². The van der Waals surface area contributed by atoms with Crippen molar-refractivity contribution in [1.82, 2.24) is 5.32 Å². The number of benzene rings is 3. The van der Waals surface area contributed by atoms with Gasteiger partial charge in [0.15, 0.2) is 0 Å². The van der Waals surface area contributed by atoms with Gasteiger partial charge in [0.1, 0.15) is 17.5 Å². The number of nitrogens with zero attached hydrogens (tertiary/aromatic N) is 1. The first-order valence-corrected chi connectivity index (χ1v) is 10.8. The van der Waals surface area contributed by atoms with Crippen molar-refractivity contribution in [3.63, 3.8) is 0 Å². The predicted molar refractivity (Wildman–Crippen MR) is 128 cm³/mol. The number of urea groups is 1. The first-order chi connectivity index (χ1) is 16.4. The van der Waals surface area contributed by atoms with E-state index in [4.69, 9.17) is 4.74 Å². The maximum Gasteiger partial charge on any atom is 0.320 e. The highest BCUT2D eigenvalue weighted by Gasteiger charge is 2.25. The minimum Gasteiger partial charge on any atom is -0.497 e. The van der Waals surface area contributed by atoms with Gasteiger partial charge < -0.3 is 20.7 Å². The van der Waals surface area contributed by atoms with Crippen molar-refractivity contribution in [1.29, 1.82) is 0 Å². The van der Waals surface area contributed by atoms with E-state index in [-0.39, 0.29) is 11.4 Å². The van der Waals surface area contributed by atoms with Crippen molar-refractivity contribution in [2.45, 2.75) is 25.3 Å². The fourth-order valence-electron chi connectivity index (χ4n) is 4.00. The second kappa shape index (κ2) is 10.0. The SMILES string of the molecule is COc1ccc([N+](=O)[O-])c(NC(=O)N[C@@H](C(=O)Nc2ccc3c(c2)CCC3)c2ccccc2)c1. The molecule has 9 heteroatoms. The molecule has 1 aliphatic rings. The summed E-state index contributed by atoms with van der Waals surface area (Å²) in [6, 6.07) is 16.8. The number of methoxy groups -OCH3 is 1. The Balaban J connectivity index is 1.54. The van der Waals surface area contributed by atoms with E-state index in [0.29, 0.717) is 17.0 Å². The number of hydrogen-bond donors (Lipinski definition) is 3. The van der Waals surface area contributed by atoms with E-state index in [0.717, 1.165) is 19.3 Å². The summed E-state index contributed by atoms with van der Waals surface area (Å²) in [5.41, 5.74) is 3.37. The van der Waals surface area contributed by atoms with Crippen molar-refractivity contribution in [3.05, 3.63) is 93.5 Å². The lowest BCUT2D eigenvalue weighted by Crippen LogP contribution is -2.39. The van der Waals surface area contributed by atoms with Crippen LogP contribution in [0.25, 0.3) is 0 Å². The van der Waals surface area contributed by atoms with Crippen LogP contribution in [-0.2, 0) is 17.6 Å². The average molecular weight is 460 g/mol. The third-order valence-corrected chi connectivity index (χ3v) is 5.69. The third kappa shape index (κ3) is 5.15. The molecule has 3 amide bonds. The Kier molecular flexibility index (Phi) is 6.72. The van der Waals surface area contributed by atoms with E-state index in [9.17, 15) is 19.7 Å². The number of nitro benzene ring substituents is 1. The van der Waals surface area contributed by atoms with Crippen LogP contribution >= 0.6 is 0 Å². The van der Waals surface area contributed by atoms with E-state index in [1.165, 1.54) is 36.4 Å². The standard InChI is InChI=1S/C25H24N4O5/c1-34-20-12-13-22(29(32)33)21(15-20)27-25(31)28-23(17-6-3-2-4-7-17)24(30)26-19-11-10-16-8-5-9-18(16)14-19/h2-4,6-7,10-15,23H,5,8-9H2,1H3,(H,26,30)(H2,27,28,31)/t23-/m1/s1. The van der Waals surface area contributed by atoms with Gasteiger partial charge in [0.25, 0.3) is 11.6 Å². The molecule has 1 atom stereocenters. The topological polar surface area (TPSA) is 123 Å². The van der Waals surface area contributed by atoms with Gasteiger partial charge in [0, 0.05) is 17.8 Å². The molecule has 0 aliphatic heterocycles. The predicted octanol–water partition coefficient (Wildman–Crippen LogP) is 4.59. The molecule has 174 valence electrons. The summed E-state index contributed by atoms with van der Waals surface area (Å²) in [5.74, 6) is -0.0886. The number of aryl methyl sites for hydroxylation is 2. The third-order valence-electron chi connectivity index (χ3n) is 5.69. The molecule has 0 radical (unpaired) electrons. The molecule has 4 rings (SSSR count). The zero-order valence-electron chi connectivity index (χ0n) is 18.5.